The van der Waals surface area contributed by atoms with Gasteiger partial charge in [0, 0.05) is 6.42 Å². The molecule has 1 saturated heterocycles. The van der Waals surface area contributed by atoms with Crippen LogP contribution in [0.1, 0.15) is 6.42 Å². The number of aliphatic hydroxyl groups excluding tert-OH is 2. The minimum Gasteiger partial charge on any atom is -0.394 e. The first-order valence-corrected chi connectivity index (χ1v) is 3.42. The number of amides is 2. The molecule has 2 amide bonds. The van der Waals surface area contributed by atoms with Gasteiger partial charge in [0.15, 0.2) is 0 Å². The second-order valence-electron chi connectivity index (χ2n) is 2.60. The van der Waals surface area contributed by atoms with Crippen LogP contribution in [-0.2, 0) is 9.59 Å². The van der Waals surface area contributed by atoms with Crippen LogP contribution >= 0.6 is 0 Å². The van der Waals surface area contributed by atoms with Gasteiger partial charge >= 0.3 is 0 Å². The Balaban J connectivity index is 2.71. The van der Waals surface area contributed by atoms with Crippen LogP contribution in [0.3, 0.4) is 0 Å². The predicted molar refractivity (Wildman–Crippen MR) is 34.8 cm³/mol. The zero-order valence-corrected chi connectivity index (χ0v) is 6.17. The standard InChI is InChI=1S/C6H9NO5/c8-2-4(9)3-1-5(10)7(12)6(3)11/h3-4,8-9,12H,1-2H2. The van der Waals surface area contributed by atoms with Crippen molar-refractivity contribution in [3.8, 4) is 0 Å². The molecular weight excluding hydrogens is 166 g/mol. The van der Waals surface area contributed by atoms with Crippen LogP contribution in [-0.4, -0.2) is 45.0 Å². The van der Waals surface area contributed by atoms with Crippen LogP contribution < -0.4 is 0 Å². The summed E-state index contributed by atoms with van der Waals surface area (Å²) in [5.74, 6) is -2.62. The normalized spacial score (nSPS) is 26.6. The Hall–Kier alpha value is -0.980. The minimum atomic E-state index is -1.28. The smallest absolute Gasteiger partial charge is 0.259 e. The molecule has 0 saturated carbocycles. The molecule has 1 aliphatic rings. The summed E-state index contributed by atoms with van der Waals surface area (Å²) in [6.07, 6.45) is -1.53. The number of nitrogens with zero attached hydrogens (tertiary/aromatic N) is 1. The number of imide groups is 1. The highest BCUT2D eigenvalue weighted by atomic mass is 16.5. The van der Waals surface area contributed by atoms with Gasteiger partial charge < -0.3 is 10.2 Å². The fourth-order valence-corrected chi connectivity index (χ4v) is 1.07. The maximum Gasteiger partial charge on any atom is 0.259 e. The van der Waals surface area contributed by atoms with E-state index in [2.05, 4.69) is 0 Å². The van der Waals surface area contributed by atoms with Crippen LogP contribution in [0, 0.1) is 5.92 Å². The molecule has 0 spiro atoms. The number of carbonyl (C=O) groups is 2. The highest BCUT2D eigenvalue weighted by molar-refractivity contribution is 6.02. The van der Waals surface area contributed by atoms with Gasteiger partial charge in [-0.25, -0.2) is 0 Å². The Morgan fingerprint density at radius 2 is 2.17 bits per heavy atom. The maximum absolute atomic E-state index is 10.9. The molecule has 68 valence electrons. The summed E-state index contributed by atoms with van der Waals surface area (Å²) in [5.41, 5.74) is 0. The molecule has 0 aromatic carbocycles. The van der Waals surface area contributed by atoms with Gasteiger partial charge in [0.1, 0.15) is 0 Å². The molecule has 0 aromatic rings. The maximum atomic E-state index is 10.9. The molecule has 1 heterocycles. The van der Waals surface area contributed by atoms with Gasteiger partial charge in [0.2, 0.25) is 0 Å². The lowest BCUT2D eigenvalue weighted by Gasteiger charge is -2.11. The average Bonchev–Trinajstić information content (AvgIpc) is 2.32. The Kier molecular flexibility index (Phi) is 2.41. The topological polar surface area (TPSA) is 98.1 Å². The number of hydroxylamine groups is 2. The minimum absolute atomic E-state index is 0.0243. The van der Waals surface area contributed by atoms with Crippen molar-refractivity contribution >= 4 is 11.8 Å². The molecule has 6 nitrogen and oxygen atoms in total. The van der Waals surface area contributed by atoms with E-state index in [-0.39, 0.29) is 11.5 Å². The molecule has 1 rings (SSSR count). The second-order valence-corrected chi connectivity index (χ2v) is 2.60. The van der Waals surface area contributed by atoms with Crippen molar-refractivity contribution in [2.24, 2.45) is 5.92 Å². The van der Waals surface area contributed by atoms with Crippen LogP contribution in [0.2, 0.25) is 0 Å². The monoisotopic (exact) mass is 175 g/mol. The molecule has 1 aliphatic heterocycles. The molecule has 0 radical (unpaired) electrons. The van der Waals surface area contributed by atoms with Gasteiger partial charge in [0.05, 0.1) is 18.6 Å². The van der Waals surface area contributed by atoms with Crippen molar-refractivity contribution in [3.63, 3.8) is 0 Å². The summed E-state index contributed by atoms with van der Waals surface area (Å²) in [7, 11) is 0. The summed E-state index contributed by atoms with van der Waals surface area (Å²) < 4.78 is 0. The number of hydrogen-bond donors (Lipinski definition) is 3. The third-order valence-electron chi connectivity index (χ3n) is 1.81. The first-order valence-electron chi connectivity index (χ1n) is 3.42. The van der Waals surface area contributed by atoms with Gasteiger partial charge in [-0.15, -0.1) is 0 Å². The Morgan fingerprint density at radius 1 is 1.58 bits per heavy atom. The highest BCUT2D eigenvalue weighted by Gasteiger charge is 2.41. The molecule has 0 aliphatic carbocycles. The van der Waals surface area contributed by atoms with Crippen LogP contribution in [0.25, 0.3) is 0 Å². The number of carbonyl (C=O) groups excluding carboxylic acids is 2. The Bertz CT molecular complexity index is 216. The lowest BCUT2D eigenvalue weighted by Crippen LogP contribution is -2.32. The Labute approximate surface area is 68.0 Å². The quantitative estimate of drug-likeness (QED) is 0.336. The third-order valence-corrected chi connectivity index (χ3v) is 1.81. The zero-order valence-electron chi connectivity index (χ0n) is 6.17. The summed E-state index contributed by atoms with van der Waals surface area (Å²) in [4.78, 5) is 21.6. The molecule has 2 atom stereocenters. The molecule has 12 heavy (non-hydrogen) atoms. The van der Waals surface area contributed by atoms with Gasteiger partial charge in [-0.1, -0.05) is 0 Å². The Morgan fingerprint density at radius 3 is 2.50 bits per heavy atom. The first-order chi connectivity index (χ1) is 5.57. The van der Waals surface area contributed by atoms with Crippen molar-refractivity contribution in [2.75, 3.05) is 6.61 Å². The molecule has 0 bridgehead atoms. The van der Waals surface area contributed by atoms with Crippen molar-refractivity contribution in [3.05, 3.63) is 0 Å². The second kappa shape index (κ2) is 3.18. The van der Waals surface area contributed by atoms with E-state index in [9.17, 15) is 9.59 Å². The molecule has 0 aromatic heterocycles. The molecule has 1 fully saturated rings. The number of aliphatic hydroxyl groups is 2. The largest absolute Gasteiger partial charge is 0.394 e. The van der Waals surface area contributed by atoms with Crippen molar-refractivity contribution < 1.29 is 25.0 Å². The SMILES string of the molecule is O=C1CC(C(O)CO)C(=O)N1O. The number of rotatable bonds is 2. The van der Waals surface area contributed by atoms with E-state index in [1.807, 2.05) is 0 Å². The van der Waals surface area contributed by atoms with Crippen molar-refractivity contribution in [1.29, 1.82) is 0 Å². The summed E-state index contributed by atoms with van der Waals surface area (Å²) in [6, 6.07) is 0. The predicted octanol–water partition coefficient (Wildman–Crippen LogP) is -1.90. The zero-order chi connectivity index (χ0) is 9.30. The van der Waals surface area contributed by atoms with E-state index in [1.165, 1.54) is 0 Å². The lowest BCUT2D eigenvalue weighted by molar-refractivity contribution is -0.173. The fraction of sp³-hybridized carbons (Fsp3) is 0.667. The van der Waals surface area contributed by atoms with Crippen molar-refractivity contribution in [1.82, 2.24) is 5.06 Å². The van der Waals surface area contributed by atoms with Gasteiger partial charge in [0.25, 0.3) is 11.8 Å². The molecule has 2 unspecified atom stereocenters. The van der Waals surface area contributed by atoms with Gasteiger partial charge in [-0.3, -0.25) is 14.8 Å². The van der Waals surface area contributed by atoms with E-state index in [1.54, 1.807) is 0 Å². The van der Waals surface area contributed by atoms with E-state index < -0.39 is 30.4 Å². The van der Waals surface area contributed by atoms with E-state index in [0.29, 0.717) is 0 Å². The van der Waals surface area contributed by atoms with Crippen LogP contribution in [0.5, 0.6) is 0 Å². The van der Waals surface area contributed by atoms with Crippen molar-refractivity contribution in [2.45, 2.75) is 12.5 Å². The highest BCUT2D eigenvalue weighted by Crippen LogP contribution is 2.20. The third kappa shape index (κ3) is 1.31. The van der Waals surface area contributed by atoms with E-state index in [4.69, 9.17) is 15.4 Å². The fourth-order valence-electron chi connectivity index (χ4n) is 1.07. The molecule has 3 N–H and O–H groups in total. The summed E-state index contributed by atoms with van der Waals surface area (Å²) in [6.45, 7) is -0.600. The summed E-state index contributed by atoms with van der Waals surface area (Å²) >= 11 is 0. The molecular formula is C6H9NO5. The average molecular weight is 175 g/mol. The van der Waals surface area contributed by atoms with E-state index in [0.717, 1.165) is 0 Å². The first kappa shape index (κ1) is 9.11. The molecule has 6 heteroatoms. The van der Waals surface area contributed by atoms with E-state index >= 15 is 0 Å². The lowest BCUT2D eigenvalue weighted by atomic mass is 10.0. The van der Waals surface area contributed by atoms with Crippen LogP contribution in [0.15, 0.2) is 0 Å². The van der Waals surface area contributed by atoms with Crippen LogP contribution in [0.4, 0.5) is 0 Å². The summed E-state index contributed by atoms with van der Waals surface area (Å²) in [5, 5.41) is 26.2. The number of hydrogen-bond acceptors (Lipinski definition) is 5. The van der Waals surface area contributed by atoms with Gasteiger partial charge in [-0.2, -0.15) is 5.06 Å². The van der Waals surface area contributed by atoms with Gasteiger partial charge in [-0.05, 0) is 0 Å².